The molecular weight excluding hydrogens is 386 g/mol. The van der Waals surface area contributed by atoms with Gasteiger partial charge in [0, 0.05) is 23.7 Å². The number of nitrogens with zero attached hydrogens (tertiary/aromatic N) is 1. The Morgan fingerprint density at radius 2 is 2.04 bits per heavy atom. The fraction of sp³-hybridized carbons (Fsp3) is 0.526. The fourth-order valence-corrected chi connectivity index (χ4v) is 4.95. The molecule has 1 aromatic carbocycles. The number of hydrogen-bond acceptors (Lipinski definition) is 6. The molecule has 28 heavy (non-hydrogen) atoms. The lowest BCUT2D eigenvalue weighted by atomic mass is 9.76. The minimum atomic E-state index is -1.43. The highest BCUT2D eigenvalue weighted by Crippen LogP contribution is 2.54. The molecule has 5 atom stereocenters. The van der Waals surface area contributed by atoms with Gasteiger partial charge in [0.25, 0.3) is 0 Å². The average molecular weight is 408 g/mol. The molecule has 0 aliphatic carbocycles. The number of methoxy groups -OCH3 is 1. The lowest BCUT2D eigenvalue weighted by Crippen LogP contribution is -2.55. The van der Waals surface area contributed by atoms with E-state index in [9.17, 15) is 19.5 Å². The van der Waals surface area contributed by atoms with E-state index in [4.69, 9.17) is 16.3 Å². The standard InChI is InChI=1S/C19H22ClN3O5/c1-8-11(20)5-4-10-14(8)21-18(27)19(10)13-12(15(22-19)9(2)24)16(25)23(17(13)26)6-7-28-3/h4-5,9,12-13,15,22,24H,6-7H2,1-3H3,(H,21,27)/t9-,12+,13+,15+,19-/m1/s1. The minimum absolute atomic E-state index is 0.109. The molecule has 3 N–H and O–H groups in total. The molecule has 2 fully saturated rings. The summed E-state index contributed by atoms with van der Waals surface area (Å²) in [5, 5.41) is 16.8. The number of ether oxygens (including phenoxy) is 1. The molecule has 8 nitrogen and oxygen atoms in total. The highest BCUT2D eigenvalue weighted by atomic mass is 35.5. The quantitative estimate of drug-likeness (QED) is 0.623. The Hall–Kier alpha value is -2.00. The van der Waals surface area contributed by atoms with Gasteiger partial charge in [-0.1, -0.05) is 17.7 Å². The maximum Gasteiger partial charge on any atom is 0.250 e. The van der Waals surface area contributed by atoms with Crippen molar-refractivity contribution in [3.05, 3.63) is 28.3 Å². The van der Waals surface area contributed by atoms with Crippen molar-refractivity contribution < 1.29 is 24.2 Å². The summed E-state index contributed by atoms with van der Waals surface area (Å²) in [5.41, 5.74) is 0.389. The molecule has 3 aliphatic heterocycles. The molecule has 3 heterocycles. The van der Waals surface area contributed by atoms with Gasteiger partial charge in [-0.2, -0.15) is 0 Å². The van der Waals surface area contributed by atoms with E-state index in [0.29, 0.717) is 21.8 Å². The topological polar surface area (TPSA) is 108 Å². The molecule has 0 unspecified atom stereocenters. The number of imide groups is 1. The normalized spacial score (nSPS) is 32.1. The van der Waals surface area contributed by atoms with E-state index < -0.39 is 47.2 Å². The highest BCUT2D eigenvalue weighted by molar-refractivity contribution is 6.32. The lowest BCUT2D eigenvalue weighted by molar-refractivity contribution is -0.143. The zero-order chi connectivity index (χ0) is 20.4. The number of fused-ring (bicyclic) bond motifs is 4. The Morgan fingerprint density at radius 1 is 1.32 bits per heavy atom. The van der Waals surface area contributed by atoms with Crippen molar-refractivity contribution in [2.45, 2.75) is 31.5 Å². The molecule has 3 amide bonds. The summed E-state index contributed by atoms with van der Waals surface area (Å²) < 4.78 is 5.02. The Morgan fingerprint density at radius 3 is 2.68 bits per heavy atom. The van der Waals surface area contributed by atoms with Crippen LogP contribution in [0, 0.1) is 18.8 Å². The number of rotatable bonds is 4. The molecule has 0 saturated carbocycles. The number of carbonyl (C=O) groups is 3. The van der Waals surface area contributed by atoms with Crippen LogP contribution in [-0.4, -0.2) is 60.1 Å². The van der Waals surface area contributed by atoms with Gasteiger partial charge >= 0.3 is 0 Å². The third-order valence-electron chi connectivity index (χ3n) is 6.15. The van der Waals surface area contributed by atoms with E-state index in [0.717, 1.165) is 4.90 Å². The van der Waals surface area contributed by atoms with Crippen LogP contribution in [0.15, 0.2) is 12.1 Å². The van der Waals surface area contributed by atoms with Crippen LogP contribution < -0.4 is 10.6 Å². The van der Waals surface area contributed by atoms with Crippen molar-refractivity contribution in [1.82, 2.24) is 10.2 Å². The van der Waals surface area contributed by atoms with Gasteiger partial charge in [-0.3, -0.25) is 24.6 Å². The first-order valence-electron chi connectivity index (χ1n) is 9.16. The second-order valence-corrected chi connectivity index (χ2v) is 8.00. The molecule has 4 rings (SSSR count). The summed E-state index contributed by atoms with van der Waals surface area (Å²) in [4.78, 5) is 40.6. The Bertz CT molecular complexity index is 889. The van der Waals surface area contributed by atoms with Crippen LogP contribution in [0.1, 0.15) is 18.1 Å². The number of amides is 3. The minimum Gasteiger partial charge on any atom is -0.392 e. The van der Waals surface area contributed by atoms with Crippen LogP contribution in [0.5, 0.6) is 0 Å². The number of carbonyl (C=O) groups excluding carboxylic acids is 3. The van der Waals surface area contributed by atoms with Gasteiger partial charge in [0.15, 0.2) is 0 Å². The first-order chi connectivity index (χ1) is 13.3. The second kappa shape index (κ2) is 6.52. The van der Waals surface area contributed by atoms with E-state index in [2.05, 4.69) is 10.6 Å². The summed E-state index contributed by atoms with van der Waals surface area (Å²) in [6, 6.07) is 2.64. The molecule has 150 valence electrons. The molecule has 2 saturated heterocycles. The van der Waals surface area contributed by atoms with Crippen LogP contribution in [0.4, 0.5) is 5.69 Å². The third-order valence-corrected chi connectivity index (χ3v) is 6.56. The molecular formula is C19H22ClN3O5. The van der Waals surface area contributed by atoms with Crippen molar-refractivity contribution in [2.75, 3.05) is 25.6 Å². The second-order valence-electron chi connectivity index (χ2n) is 7.59. The van der Waals surface area contributed by atoms with Gasteiger partial charge in [-0.15, -0.1) is 0 Å². The monoisotopic (exact) mass is 407 g/mol. The number of likely N-dealkylation sites (tertiary alicyclic amines) is 1. The first kappa shape index (κ1) is 19.3. The number of benzene rings is 1. The average Bonchev–Trinajstić information content (AvgIpc) is 3.23. The molecule has 1 aromatic rings. The van der Waals surface area contributed by atoms with Crippen LogP contribution in [0.2, 0.25) is 5.02 Å². The van der Waals surface area contributed by atoms with Crippen LogP contribution in [-0.2, 0) is 24.7 Å². The Balaban J connectivity index is 1.88. The molecule has 0 radical (unpaired) electrons. The molecule has 0 bridgehead atoms. The van der Waals surface area contributed by atoms with Crippen molar-refractivity contribution in [3.63, 3.8) is 0 Å². The summed E-state index contributed by atoms with van der Waals surface area (Å²) in [7, 11) is 1.49. The van der Waals surface area contributed by atoms with Gasteiger partial charge in [0.1, 0.15) is 5.54 Å². The van der Waals surface area contributed by atoms with Crippen molar-refractivity contribution >= 4 is 35.0 Å². The number of nitrogens with one attached hydrogen (secondary N) is 2. The van der Waals surface area contributed by atoms with E-state index in [-0.39, 0.29) is 13.2 Å². The van der Waals surface area contributed by atoms with E-state index >= 15 is 0 Å². The van der Waals surface area contributed by atoms with Crippen LogP contribution >= 0.6 is 11.6 Å². The molecule has 0 aromatic heterocycles. The number of aliphatic hydroxyl groups excluding tert-OH is 1. The van der Waals surface area contributed by atoms with Gasteiger partial charge in [-0.25, -0.2) is 0 Å². The van der Waals surface area contributed by atoms with E-state index in [1.165, 1.54) is 7.11 Å². The van der Waals surface area contributed by atoms with Gasteiger partial charge < -0.3 is 15.2 Å². The maximum absolute atomic E-state index is 13.3. The van der Waals surface area contributed by atoms with Crippen molar-refractivity contribution in [2.24, 2.45) is 11.8 Å². The fourth-order valence-electron chi connectivity index (χ4n) is 4.80. The summed E-state index contributed by atoms with van der Waals surface area (Å²) >= 11 is 6.20. The largest absolute Gasteiger partial charge is 0.392 e. The number of hydrogen-bond donors (Lipinski definition) is 3. The number of anilines is 1. The zero-order valence-electron chi connectivity index (χ0n) is 15.8. The van der Waals surface area contributed by atoms with Gasteiger partial charge in [0.05, 0.1) is 36.8 Å². The van der Waals surface area contributed by atoms with E-state index in [1.807, 2.05) is 0 Å². The zero-order valence-corrected chi connectivity index (χ0v) is 16.5. The molecule has 9 heteroatoms. The van der Waals surface area contributed by atoms with Crippen molar-refractivity contribution in [3.8, 4) is 0 Å². The highest BCUT2D eigenvalue weighted by Gasteiger charge is 2.71. The predicted molar refractivity (Wildman–Crippen MR) is 101 cm³/mol. The third kappa shape index (κ3) is 2.32. The Labute approximate surface area is 167 Å². The number of halogens is 1. The Kier molecular flexibility index (Phi) is 4.50. The lowest BCUT2D eigenvalue weighted by Gasteiger charge is -2.30. The smallest absolute Gasteiger partial charge is 0.250 e. The number of aliphatic hydroxyl groups is 1. The van der Waals surface area contributed by atoms with Crippen molar-refractivity contribution in [1.29, 1.82) is 0 Å². The van der Waals surface area contributed by atoms with Gasteiger partial charge in [0.2, 0.25) is 17.7 Å². The maximum atomic E-state index is 13.3. The van der Waals surface area contributed by atoms with E-state index in [1.54, 1.807) is 26.0 Å². The van der Waals surface area contributed by atoms with Crippen LogP contribution in [0.3, 0.4) is 0 Å². The first-order valence-corrected chi connectivity index (χ1v) is 9.54. The van der Waals surface area contributed by atoms with Gasteiger partial charge in [-0.05, 0) is 25.5 Å². The summed E-state index contributed by atoms with van der Waals surface area (Å²) in [6.07, 6.45) is -0.934. The summed E-state index contributed by atoms with van der Waals surface area (Å²) in [6.45, 7) is 3.64. The molecule has 1 spiro atoms. The van der Waals surface area contributed by atoms with Crippen LogP contribution in [0.25, 0.3) is 0 Å². The molecule has 3 aliphatic rings. The SMILES string of the molecule is COCCN1C(=O)[C@@H]2[C@H]([C@@H](C)O)N[C@@]3(C(=O)Nc4c3ccc(Cl)c4C)[C@@H]2C1=O. The summed E-state index contributed by atoms with van der Waals surface area (Å²) in [5.74, 6) is -3.02. The predicted octanol–water partition coefficient (Wildman–Crippen LogP) is 0.396.